The van der Waals surface area contributed by atoms with Gasteiger partial charge in [-0.25, -0.2) is 4.39 Å². The first-order valence-electron chi connectivity index (χ1n) is 3.99. The van der Waals surface area contributed by atoms with E-state index >= 15 is 0 Å². The summed E-state index contributed by atoms with van der Waals surface area (Å²) >= 11 is 0. The summed E-state index contributed by atoms with van der Waals surface area (Å²) in [7, 11) is 1.74. The third-order valence-corrected chi connectivity index (χ3v) is 1.86. The summed E-state index contributed by atoms with van der Waals surface area (Å²) in [6.07, 6.45) is 0. The molecule has 1 atom stereocenters. The van der Waals surface area contributed by atoms with Gasteiger partial charge in [0, 0.05) is 6.04 Å². The molecular weight excluding hydrogens is 152 g/mol. The van der Waals surface area contributed by atoms with Crippen molar-refractivity contribution in [1.82, 2.24) is 0 Å². The monoisotopic (exact) mass is 164 g/mol. The second kappa shape index (κ2) is 3.72. The molecule has 1 nitrogen and oxygen atoms in total. The highest BCUT2D eigenvalue weighted by Gasteiger charge is 2.04. The van der Waals surface area contributed by atoms with E-state index in [9.17, 15) is 4.39 Å². The Morgan fingerprint density at radius 2 is 2.17 bits per heavy atom. The quantitative estimate of drug-likeness (QED) is 0.653. The fourth-order valence-corrected chi connectivity index (χ4v) is 1.06. The maximum absolute atomic E-state index is 13.1. The predicted molar refractivity (Wildman–Crippen MR) is 50.3 cm³/mol. The summed E-state index contributed by atoms with van der Waals surface area (Å²) in [6.45, 7) is 3.65. The maximum atomic E-state index is 13.1. The number of rotatable bonds is 2. The molecule has 0 fully saturated rings. The standard InChI is InChI=1S/C9H12BFN/c1-6(12)7-3-4-8(10-2)9(11)5-7/h3-6H,12H2,1-2H3. The molecule has 1 rings (SSSR count). The van der Waals surface area contributed by atoms with Gasteiger partial charge < -0.3 is 5.73 Å². The first kappa shape index (κ1) is 9.26. The first-order valence-corrected chi connectivity index (χ1v) is 3.99. The molecule has 0 aliphatic heterocycles. The van der Waals surface area contributed by atoms with Crippen LogP contribution in [0.2, 0.25) is 6.82 Å². The minimum atomic E-state index is -0.202. The molecule has 0 heterocycles. The van der Waals surface area contributed by atoms with Gasteiger partial charge in [-0.1, -0.05) is 24.4 Å². The third-order valence-electron chi connectivity index (χ3n) is 1.86. The topological polar surface area (TPSA) is 26.0 Å². The first-order chi connectivity index (χ1) is 5.65. The van der Waals surface area contributed by atoms with Crippen LogP contribution in [0, 0.1) is 5.82 Å². The van der Waals surface area contributed by atoms with Gasteiger partial charge in [-0.05, 0) is 18.6 Å². The van der Waals surface area contributed by atoms with Crippen LogP contribution >= 0.6 is 0 Å². The van der Waals surface area contributed by atoms with Crippen LogP contribution in [0.5, 0.6) is 0 Å². The van der Waals surface area contributed by atoms with E-state index in [-0.39, 0.29) is 11.9 Å². The Morgan fingerprint density at radius 3 is 2.58 bits per heavy atom. The van der Waals surface area contributed by atoms with Crippen molar-refractivity contribution in [2.24, 2.45) is 5.73 Å². The summed E-state index contributed by atoms with van der Waals surface area (Å²) in [4.78, 5) is 0. The fourth-order valence-electron chi connectivity index (χ4n) is 1.06. The van der Waals surface area contributed by atoms with Crippen LogP contribution in [0.3, 0.4) is 0 Å². The van der Waals surface area contributed by atoms with Crippen molar-refractivity contribution in [3.63, 3.8) is 0 Å². The number of halogens is 1. The number of hydrogen-bond donors (Lipinski definition) is 1. The zero-order valence-electron chi connectivity index (χ0n) is 7.34. The summed E-state index contributed by atoms with van der Waals surface area (Å²) in [5.41, 5.74) is 7.05. The van der Waals surface area contributed by atoms with Gasteiger partial charge in [-0.15, -0.1) is 0 Å². The predicted octanol–water partition coefficient (Wildman–Crippen LogP) is 1.22. The normalized spacial score (nSPS) is 12.7. The molecule has 0 spiro atoms. The molecule has 0 aromatic heterocycles. The molecule has 0 saturated carbocycles. The van der Waals surface area contributed by atoms with E-state index in [2.05, 4.69) is 0 Å². The fraction of sp³-hybridized carbons (Fsp3) is 0.333. The van der Waals surface area contributed by atoms with Gasteiger partial charge in [0.25, 0.3) is 0 Å². The largest absolute Gasteiger partial charge is 0.324 e. The molecule has 0 aliphatic rings. The van der Waals surface area contributed by atoms with Gasteiger partial charge in [-0.3, -0.25) is 0 Å². The molecular formula is C9H12BFN. The van der Waals surface area contributed by atoms with Crippen LogP contribution in [-0.2, 0) is 0 Å². The zero-order valence-corrected chi connectivity index (χ0v) is 7.34. The average Bonchev–Trinajstić information content (AvgIpc) is 2.04. The van der Waals surface area contributed by atoms with E-state index in [1.54, 1.807) is 13.3 Å². The van der Waals surface area contributed by atoms with Crippen LogP contribution in [0.4, 0.5) is 4.39 Å². The van der Waals surface area contributed by atoms with Crippen molar-refractivity contribution >= 4 is 12.7 Å². The Morgan fingerprint density at radius 1 is 1.50 bits per heavy atom. The molecule has 1 unspecified atom stereocenters. The second-order valence-corrected chi connectivity index (χ2v) is 2.86. The van der Waals surface area contributed by atoms with Crippen LogP contribution in [0.25, 0.3) is 0 Å². The van der Waals surface area contributed by atoms with Gasteiger partial charge >= 0.3 is 0 Å². The van der Waals surface area contributed by atoms with Crippen molar-refractivity contribution in [2.45, 2.75) is 19.8 Å². The molecule has 0 bridgehead atoms. The molecule has 2 N–H and O–H groups in total. The summed E-state index contributed by atoms with van der Waals surface area (Å²) in [5.74, 6) is -0.202. The van der Waals surface area contributed by atoms with Crippen LogP contribution < -0.4 is 11.2 Å². The lowest BCUT2D eigenvalue weighted by atomic mass is 9.73. The Labute approximate surface area is 73.0 Å². The van der Waals surface area contributed by atoms with Gasteiger partial charge in [-0.2, -0.15) is 0 Å². The van der Waals surface area contributed by atoms with Crippen molar-refractivity contribution in [3.8, 4) is 0 Å². The van der Waals surface area contributed by atoms with E-state index in [4.69, 9.17) is 5.73 Å². The van der Waals surface area contributed by atoms with E-state index in [0.717, 1.165) is 5.56 Å². The second-order valence-electron chi connectivity index (χ2n) is 2.86. The van der Waals surface area contributed by atoms with Gasteiger partial charge in [0.15, 0.2) is 7.28 Å². The molecule has 12 heavy (non-hydrogen) atoms. The Hall–Kier alpha value is -0.825. The molecule has 0 saturated heterocycles. The smallest absolute Gasteiger partial charge is 0.152 e. The molecule has 1 radical (unpaired) electrons. The minimum Gasteiger partial charge on any atom is -0.324 e. The Bertz CT molecular complexity index is 273. The van der Waals surface area contributed by atoms with Crippen molar-refractivity contribution in [2.75, 3.05) is 0 Å². The molecule has 1 aromatic carbocycles. The number of hydrogen-bond acceptors (Lipinski definition) is 1. The van der Waals surface area contributed by atoms with Crippen molar-refractivity contribution < 1.29 is 4.39 Å². The minimum absolute atomic E-state index is 0.106. The molecule has 1 aromatic rings. The lowest BCUT2D eigenvalue weighted by Gasteiger charge is -2.06. The number of nitrogens with two attached hydrogens (primary N) is 1. The van der Waals surface area contributed by atoms with E-state index in [1.807, 2.05) is 19.8 Å². The van der Waals surface area contributed by atoms with Crippen molar-refractivity contribution in [3.05, 3.63) is 29.6 Å². The third kappa shape index (κ3) is 1.86. The molecule has 3 heteroatoms. The number of benzene rings is 1. The lowest BCUT2D eigenvalue weighted by molar-refractivity contribution is 0.630. The van der Waals surface area contributed by atoms with E-state index in [0.29, 0.717) is 5.46 Å². The highest BCUT2D eigenvalue weighted by Crippen LogP contribution is 2.08. The van der Waals surface area contributed by atoms with Crippen LogP contribution in [0.15, 0.2) is 18.2 Å². The van der Waals surface area contributed by atoms with Gasteiger partial charge in [0.05, 0.1) is 0 Å². The van der Waals surface area contributed by atoms with Gasteiger partial charge in [0.2, 0.25) is 0 Å². The van der Waals surface area contributed by atoms with E-state index < -0.39 is 0 Å². The van der Waals surface area contributed by atoms with Crippen LogP contribution in [-0.4, -0.2) is 7.28 Å². The van der Waals surface area contributed by atoms with Crippen molar-refractivity contribution in [1.29, 1.82) is 0 Å². The highest BCUT2D eigenvalue weighted by molar-refractivity contribution is 6.51. The summed E-state index contributed by atoms with van der Waals surface area (Å²) in [6, 6.07) is 4.97. The summed E-state index contributed by atoms with van der Waals surface area (Å²) in [5, 5.41) is 0. The maximum Gasteiger partial charge on any atom is 0.152 e. The van der Waals surface area contributed by atoms with Gasteiger partial charge in [0.1, 0.15) is 5.82 Å². The summed E-state index contributed by atoms with van der Waals surface area (Å²) < 4.78 is 13.1. The Balaban J connectivity index is 3.02. The Kier molecular flexibility index (Phi) is 2.87. The molecule has 63 valence electrons. The lowest BCUT2D eigenvalue weighted by Crippen LogP contribution is -2.17. The SMILES string of the molecule is C[B]c1ccc(C(C)N)cc1F. The highest BCUT2D eigenvalue weighted by atomic mass is 19.1. The van der Waals surface area contributed by atoms with E-state index in [1.165, 1.54) is 6.07 Å². The zero-order chi connectivity index (χ0) is 9.14. The average molecular weight is 164 g/mol. The van der Waals surface area contributed by atoms with Crippen LogP contribution in [0.1, 0.15) is 18.5 Å². The molecule has 0 amide bonds. The molecule has 0 aliphatic carbocycles.